The second-order valence-corrected chi connectivity index (χ2v) is 32.0. The number of hydrogen-bond acceptors (Lipinski definition) is 28. The lowest BCUT2D eigenvalue weighted by Gasteiger charge is -2.42. The van der Waals surface area contributed by atoms with E-state index in [2.05, 4.69) is 35.6 Å². The smallest absolute Gasteiger partial charge is 0.329 e. The van der Waals surface area contributed by atoms with Crippen molar-refractivity contribution in [2.24, 2.45) is 35.3 Å². The molecule has 33 heteroatoms. The van der Waals surface area contributed by atoms with Gasteiger partial charge in [0.15, 0.2) is 11.4 Å². The van der Waals surface area contributed by atoms with Crippen LogP contribution in [0, 0.1) is 29.6 Å². The first-order chi connectivity index (χ1) is 57.5. The Hall–Kier alpha value is -8.00. The number of Topliss-reactive ketones (excluding diaryl/α,β-unsaturated/α-hetero) is 3. The summed E-state index contributed by atoms with van der Waals surface area (Å²) in [6.45, 7) is 17.3. The number of hydrogen-bond donors (Lipinski definition) is 7. The van der Waals surface area contributed by atoms with E-state index in [9.17, 15) is 44.1 Å². The predicted octanol–water partition coefficient (Wildman–Crippen LogP) is 7.21. The lowest BCUT2D eigenvalue weighted by atomic mass is 9.80. The molecular weight excluding hydrogens is 1540 g/mol. The summed E-state index contributed by atoms with van der Waals surface area (Å²) in [5, 5.41) is 52.7. The Labute approximate surface area is 697 Å². The van der Waals surface area contributed by atoms with Crippen molar-refractivity contribution in [3.8, 4) is 11.3 Å². The number of amides is 2. The van der Waals surface area contributed by atoms with E-state index >= 15 is 0 Å². The van der Waals surface area contributed by atoms with E-state index in [4.69, 9.17) is 68.7 Å². The fourth-order valence-electron chi connectivity index (χ4n) is 15.7. The number of aliphatic hydroxyl groups is 3. The van der Waals surface area contributed by atoms with Crippen molar-refractivity contribution in [2.75, 3.05) is 119 Å². The molecule has 2 saturated heterocycles. The highest BCUT2D eigenvalue weighted by atomic mass is 16.6. The third-order valence-corrected chi connectivity index (χ3v) is 22.9. The van der Waals surface area contributed by atoms with Crippen molar-refractivity contribution in [2.45, 2.75) is 231 Å². The number of ketones is 3. The summed E-state index contributed by atoms with van der Waals surface area (Å²) < 4.78 is 68.2. The van der Waals surface area contributed by atoms with E-state index in [-0.39, 0.29) is 67.8 Å². The van der Waals surface area contributed by atoms with Gasteiger partial charge >= 0.3 is 5.97 Å². The number of aromatic amines is 1. The second-order valence-electron chi connectivity index (χ2n) is 32.0. The van der Waals surface area contributed by atoms with Crippen molar-refractivity contribution in [3.63, 3.8) is 0 Å². The fraction of sp³-hybridized carbons (Fsp3) is 0.674. The van der Waals surface area contributed by atoms with E-state index in [1.54, 1.807) is 45.9 Å². The maximum atomic E-state index is 14.7. The number of pyridine rings is 1. The molecule has 1 aliphatic carbocycles. The third-order valence-electron chi connectivity index (χ3n) is 22.9. The molecule has 15 atom stereocenters. The largest absolute Gasteiger partial charge is 0.459 e. The Morgan fingerprint density at radius 3 is 2.21 bits per heavy atom. The summed E-state index contributed by atoms with van der Waals surface area (Å²) in [6.07, 6.45) is 20.3. The minimum atomic E-state index is -2.49. The number of allylic oxidation sites excluding steroid dienone is 6. The SMILES string of the molecule is CO[C@H]1C[C@@H]2CC[C@@H](C)[C@@](O)(O2)C(=O)C(=O)N2CCCC[C@H]2C(=O)O[C@H]([C@H](N)C[C@@H]2CC[C@@H](OCCCCc3cn(CCOCCOCCOCCOCCOCCOCCC(=O)NCCCCn4nc(-c5cnc6[nH]ccc6c5)c5c(N)ncnc54)nn3)[C@H](OC)C2)CC(=O)[C@H](C)/C=C(\C)[C@@H](O)[C@@H](O)C(=O)[C@H](C)C[C@H](C)/C=C/C=C/C=C/1C. The molecule has 5 aromatic heterocycles. The summed E-state index contributed by atoms with van der Waals surface area (Å²) in [7, 11) is 3.20. The number of aromatic nitrogens is 9. The number of ether oxygens (including phenoxy) is 11. The summed E-state index contributed by atoms with van der Waals surface area (Å²) in [5.74, 6) is -8.61. The maximum absolute atomic E-state index is 14.7. The van der Waals surface area contributed by atoms with Crippen molar-refractivity contribution >= 4 is 63.0 Å². The number of cyclic esters (lactones) is 1. The summed E-state index contributed by atoms with van der Waals surface area (Å²) in [6, 6.07) is 1.83. The number of carbonyl (C=O) groups excluding carboxylic acids is 6. The summed E-state index contributed by atoms with van der Waals surface area (Å²) in [4.78, 5) is 101. The Bertz CT molecular complexity index is 4130. The zero-order valence-electron chi connectivity index (χ0n) is 70.7. The number of rotatable bonds is 38. The second kappa shape index (κ2) is 49.2. The quantitative estimate of drug-likeness (QED) is 0.00888. The zero-order valence-corrected chi connectivity index (χ0v) is 70.7. The number of nitrogen functional groups attached to an aromatic ring is 1. The predicted molar refractivity (Wildman–Crippen MR) is 442 cm³/mol. The highest BCUT2D eigenvalue weighted by Gasteiger charge is 2.53. The lowest BCUT2D eigenvalue weighted by Crippen LogP contribution is -2.61. The van der Waals surface area contributed by atoms with Gasteiger partial charge in [-0.2, -0.15) is 5.10 Å². The van der Waals surface area contributed by atoms with E-state index in [0.717, 1.165) is 58.4 Å². The van der Waals surface area contributed by atoms with E-state index < -0.39 is 95.4 Å². The molecule has 658 valence electrons. The van der Waals surface area contributed by atoms with Crippen LogP contribution in [0.2, 0.25) is 0 Å². The molecule has 1 saturated carbocycles. The molecule has 9 N–H and O–H groups in total. The molecule has 8 heterocycles. The highest BCUT2D eigenvalue weighted by Crippen LogP contribution is 2.39. The number of fused-ring (bicyclic) bond motifs is 5. The van der Waals surface area contributed by atoms with Crippen molar-refractivity contribution in [1.29, 1.82) is 0 Å². The molecule has 0 unspecified atom stereocenters. The average Bonchev–Trinajstić information content (AvgIpc) is 1.74. The Balaban J connectivity index is 0.616. The Kier molecular flexibility index (Phi) is 39.2. The van der Waals surface area contributed by atoms with E-state index in [0.29, 0.717) is 192 Å². The van der Waals surface area contributed by atoms with Crippen molar-refractivity contribution in [3.05, 3.63) is 90.3 Å². The molecule has 9 rings (SSSR count). The third kappa shape index (κ3) is 28.8. The van der Waals surface area contributed by atoms with Crippen LogP contribution in [0.3, 0.4) is 0 Å². The van der Waals surface area contributed by atoms with Crippen LogP contribution in [-0.2, 0) is 100 Å². The molecule has 0 aromatic carbocycles. The number of methoxy groups -OCH3 is 2. The average molecular weight is 1670 g/mol. The van der Waals surface area contributed by atoms with Gasteiger partial charge < -0.3 is 94.1 Å². The number of nitrogens with two attached hydrogens (primary N) is 2. The Morgan fingerprint density at radius 2 is 1.49 bits per heavy atom. The molecule has 2 amide bonds. The molecule has 0 radical (unpaired) electrons. The molecule has 119 heavy (non-hydrogen) atoms. The Morgan fingerprint density at radius 1 is 0.765 bits per heavy atom. The number of unbranched alkanes of at least 4 members (excludes halogenated alkanes) is 2. The van der Waals surface area contributed by atoms with Crippen LogP contribution in [0.4, 0.5) is 5.82 Å². The molecule has 4 aliphatic rings. The first kappa shape index (κ1) is 94.8. The normalized spacial score (nSPS) is 27.5. The number of carbonyl (C=O) groups is 6. The van der Waals surface area contributed by atoms with Gasteiger partial charge in [-0.05, 0) is 145 Å². The van der Waals surface area contributed by atoms with Gasteiger partial charge in [-0.3, -0.25) is 24.0 Å². The van der Waals surface area contributed by atoms with Crippen LogP contribution < -0.4 is 16.8 Å². The van der Waals surface area contributed by atoms with Crippen LogP contribution in [0.1, 0.15) is 156 Å². The van der Waals surface area contributed by atoms with Gasteiger partial charge in [-0.15, -0.1) is 5.10 Å². The minimum absolute atomic E-state index is 0.0267. The number of aliphatic hydroxyl groups excluding tert-OH is 2. The zero-order chi connectivity index (χ0) is 85.2. The van der Waals surface area contributed by atoms with Crippen LogP contribution in [-0.4, -0.2) is 274 Å². The topological polar surface area (TPSA) is 435 Å². The van der Waals surface area contributed by atoms with Crippen LogP contribution in [0.15, 0.2) is 84.7 Å². The number of H-pyrrole nitrogens is 1. The molecule has 2 bridgehead atoms. The van der Waals surface area contributed by atoms with Crippen molar-refractivity contribution < 1.29 is 96.2 Å². The molecule has 0 spiro atoms. The molecule has 3 fully saturated rings. The number of nitrogens with zero attached hydrogens (tertiary/aromatic N) is 9. The van der Waals surface area contributed by atoms with Gasteiger partial charge in [0.05, 0.1) is 121 Å². The molecular formula is C86H129N13O20. The van der Waals surface area contributed by atoms with Gasteiger partial charge in [0, 0.05) is 113 Å². The van der Waals surface area contributed by atoms with Gasteiger partial charge in [0.25, 0.3) is 11.7 Å². The van der Waals surface area contributed by atoms with Gasteiger partial charge in [0.2, 0.25) is 11.7 Å². The monoisotopic (exact) mass is 1660 g/mol. The molecule has 3 aliphatic heterocycles. The van der Waals surface area contributed by atoms with Crippen LogP contribution in [0.5, 0.6) is 0 Å². The first-order valence-electron chi connectivity index (χ1n) is 42.5. The maximum Gasteiger partial charge on any atom is 0.329 e. The highest BCUT2D eigenvalue weighted by molar-refractivity contribution is 6.39. The van der Waals surface area contributed by atoms with E-state index in [1.807, 2.05) is 73.4 Å². The van der Waals surface area contributed by atoms with Gasteiger partial charge in [0.1, 0.15) is 53.6 Å². The number of anilines is 1. The van der Waals surface area contributed by atoms with Crippen LogP contribution in [0.25, 0.3) is 33.3 Å². The van der Waals surface area contributed by atoms with Crippen LogP contribution >= 0.6 is 0 Å². The van der Waals surface area contributed by atoms with Crippen molar-refractivity contribution in [1.82, 2.24) is 54.9 Å². The minimum Gasteiger partial charge on any atom is -0.459 e. The number of aryl methyl sites for hydroxylation is 2. The number of nitrogens with one attached hydrogen (secondary N) is 2. The molecule has 33 nitrogen and oxygen atoms in total. The standard InChI is InChI=1S/C86H129N13O20/c1-56-18-10-9-11-19-57(2)71(109-7)51-66-24-22-61(6)86(108,119-66)80(105)84(106)98-30-15-12-21-68(98)85(107)118-72(52-69(100)58(3)47-60(5)78(103)79(104)77(102)59(4)46-56)67(87)48-62-23-25-70(73(49-62)110-8)117-33-17-13-20-65-54-97(96-94-65)32-35-112-37-39-114-41-43-116-45-44-115-42-40-113-38-36-111-34-27-74(101)89-28-14-16-31-99-83-75(81(88)92-55-93-83)76(95-99)64-50-63-26-29-90-82(63)91-53-64/h9-11,18-19,26,29,47,50,53-56,58-59,61-62,66-68,70-73,78-79,103-104,108H,12-17,20-25,27-28,30-46,48-49,51-52,87H2,1-8H3,(H,89,101)(H,90,91)(H2,88,92,93)/b11-9+,18-10+,57-19+,60-47+/t56-,58-,59-,61-,62+,66+,67-,68+,70-,71+,72+,73-,78-,79+,86-/m1/s1. The number of esters is 1. The lowest BCUT2D eigenvalue weighted by molar-refractivity contribution is -0.265. The number of piperidine rings is 1. The fourth-order valence-corrected chi connectivity index (χ4v) is 15.7. The van der Waals surface area contributed by atoms with E-state index in [1.165, 1.54) is 19.3 Å². The van der Waals surface area contributed by atoms with Gasteiger partial charge in [-0.1, -0.05) is 69.4 Å². The first-order valence-corrected chi connectivity index (χ1v) is 42.5. The van der Waals surface area contributed by atoms with Gasteiger partial charge in [-0.25, -0.2) is 29.1 Å². The molecule has 5 aromatic rings. The summed E-state index contributed by atoms with van der Waals surface area (Å²) in [5.41, 5.74) is 18.2. The summed E-state index contributed by atoms with van der Waals surface area (Å²) >= 11 is 0.